The number of fused-ring (bicyclic) bond motifs is 1. The van der Waals surface area contributed by atoms with E-state index in [1.807, 2.05) is 49.4 Å². The van der Waals surface area contributed by atoms with Gasteiger partial charge in [0.25, 0.3) is 0 Å². The standard InChI is InChI=1S/C23H23NO4S/c1-3-6-23(25)28-22(20-12-11-18-7-4-5-8-19(18)15-20)16-24-29(26,27)21-13-9-17(2)10-14-21/h3-15,22,24H,16H2,1-2H3/b6-3+. The van der Waals surface area contributed by atoms with Crippen LogP contribution in [0.1, 0.15) is 24.2 Å². The average molecular weight is 410 g/mol. The van der Waals surface area contributed by atoms with Crippen LogP contribution in [0.3, 0.4) is 0 Å². The Morgan fingerprint density at radius 3 is 2.41 bits per heavy atom. The van der Waals surface area contributed by atoms with E-state index in [1.165, 1.54) is 6.08 Å². The molecule has 0 aliphatic rings. The molecular formula is C23H23NO4S. The van der Waals surface area contributed by atoms with Crippen LogP contribution in [0.2, 0.25) is 0 Å². The maximum Gasteiger partial charge on any atom is 0.331 e. The van der Waals surface area contributed by atoms with E-state index in [1.54, 1.807) is 37.3 Å². The Hall–Kier alpha value is -2.96. The Morgan fingerprint density at radius 2 is 1.72 bits per heavy atom. The number of hydrogen-bond donors (Lipinski definition) is 1. The fraction of sp³-hybridized carbons (Fsp3) is 0.174. The topological polar surface area (TPSA) is 72.5 Å². The number of allylic oxidation sites excluding steroid dienone is 1. The van der Waals surface area contributed by atoms with Gasteiger partial charge >= 0.3 is 5.97 Å². The molecular weight excluding hydrogens is 386 g/mol. The van der Waals surface area contributed by atoms with Crippen LogP contribution in [0.15, 0.2) is 83.8 Å². The molecule has 0 amide bonds. The van der Waals surface area contributed by atoms with Gasteiger partial charge in [0, 0.05) is 6.08 Å². The molecule has 0 spiro atoms. The molecule has 1 atom stereocenters. The predicted octanol–water partition coefficient (Wildman–Crippen LogP) is 4.29. The number of carbonyl (C=O) groups excluding carboxylic acids is 1. The van der Waals surface area contributed by atoms with Crippen molar-refractivity contribution in [2.24, 2.45) is 0 Å². The molecule has 0 saturated carbocycles. The Balaban J connectivity index is 1.86. The van der Waals surface area contributed by atoms with Crippen molar-refractivity contribution in [2.75, 3.05) is 6.54 Å². The van der Waals surface area contributed by atoms with Gasteiger partial charge in [-0.25, -0.2) is 17.9 Å². The lowest BCUT2D eigenvalue weighted by Gasteiger charge is -2.19. The first-order valence-corrected chi connectivity index (χ1v) is 10.8. The molecule has 0 aliphatic heterocycles. The fourth-order valence-corrected chi connectivity index (χ4v) is 3.97. The summed E-state index contributed by atoms with van der Waals surface area (Å²) >= 11 is 0. The minimum absolute atomic E-state index is 0.0716. The lowest BCUT2D eigenvalue weighted by molar-refractivity contribution is -0.143. The van der Waals surface area contributed by atoms with Crippen LogP contribution in [0, 0.1) is 6.92 Å². The minimum atomic E-state index is -3.73. The third kappa shape index (κ3) is 5.31. The predicted molar refractivity (Wildman–Crippen MR) is 114 cm³/mol. The summed E-state index contributed by atoms with van der Waals surface area (Å²) in [5, 5.41) is 2.04. The van der Waals surface area contributed by atoms with Gasteiger partial charge in [-0.2, -0.15) is 0 Å². The van der Waals surface area contributed by atoms with Crippen molar-refractivity contribution in [3.8, 4) is 0 Å². The molecule has 0 bridgehead atoms. The van der Waals surface area contributed by atoms with Gasteiger partial charge in [0.1, 0.15) is 6.10 Å². The Bertz CT molecular complexity index is 1140. The molecule has 0 saturated heterocycles. The maximum absolute atomic E-state index is 12.6. The van der Waals surface area contributed by atoms with Gasteiger partial charge in [-0.15, -0.1) is 0 Å². The number of rotatable bonds is 7. The maximum atomic E-state index is 12.6. The summed E-state index contributed by atoms with van der Waals surface area (Å²) in [7, 11) is -3.73. The molecule has 0 fully saturated rings. The molecule has 0 radical (unpaired) electrons. The Labute approximate surface area is 171 Å². The normalized spacial score (nSPS) is 12.9. The largest absolute Gasteiger partial charge is 0.453 e. The Kier molecular flexibility index (Phi) is 6.46. The van der Waals surface area contributed by atoms with Crippen molar-refractivity contribution in [3.05, 3.63) is 90.0 Å². The number of benzene rings is 3. The van der Waals surface area contributed by atoms with Crippen LogP contribution >= 0.6 is 0 Å². The van der Waals surface area contributed by atoms with Crippen molar-refractivity contribution < 1.29 is 17.9 Å². The first-order valence-electron chi connectivity index (χ1n) is 9.27. The lowest BCUT2D eigenvalue weighted by Crippen LogP contribution is -2.30. The van der Waals surface area contributed by atoms with Crippen LogP contribution < -0.4 is 4.72 Å². The van der Waals surface area contributed by atoms with Gasteiger partial charge in [-0.1, -0.05) is 60.2 Å². The molecule has 6 heteroatoms. The summed E-state index contributed by atoms with van der Waals surface area (Å²) in [5.41, 5.74) is 1.69. The number of nitrogens with one attached hydrogen (secondary N) is 1. The third-order valence-corrected chi connectivity index (χ3v) is 5.94. The summed E-state index contributed by atoms with van der Waals surface area (Å²) in [6.45, 7) is 3.53. The van der Waals surface area contributed by atoms with E-state index < -0.39 is 22.1 Å². The molecule has 1 N–H and O–H groups in total. The average Bonchev–Trinajstić information content (AvgIpc) is 2.71. The van der Waals surface area contributed by atoms with Crippen molar-refractivity contribution in [1.82, 2.24) is 4.72 Å². The van der Waals surface area contributed by atoms with E-state index in [4.69, 9.17) is 4.74 Å². The van der Waals surface area contributed by atoms with Gasteiger partial charge in [-0.3, -0.25) is 0 Å². The summed E-state index contributed by atoms with van der Waals surface area (Å²) in [5.74, 6) is -0.528. The van der Waals surface area contributed by atoms with Gasteiger partial charge < -0.3 is 4.74 Å². The molecule has 5 nitrogen and oxygen atoms in total. The van der Waals surface area contributed by atoms with Crippen LogP contribution in [0.4, 0.5) is 0 Å². The molecule has 0 heterocycles. The van der Waals surface area contributed by atoms with Crippen LogP contribution in [-0.2, 0) is 19.6 Å². The second-order valence-corrected chi connectivity index (χ2v) is 8.46. The monoisotopic (exact) mass is 409 g/mol. The van der Waals surface area contributed by atoms with E-state index in [0.717, 1.165) is 16.3 Å². The lowest BCUT2D eigenvalue weighted by atomic mass is 10.0. The zero-order valence-electron chi connectivity index (χ0n) is 16.3. The summed E-state index contributed by atoms with van der Waals surface area (Å²) in [4.78, 5) is 12.2. The highest BCUT2D eigenvalue weighted by Gasteiger charge is 2.21. The van der Waals surface area contributed by atoms with Gasteiger partial charge in [0.2, 0.25) is 10.0 Å². The molecule has 3 rings (SSSR count). The van der Waals surface area contributed by atoms with Crippen molar-refractivity contribution in [1.29, 1.82) is 0 Å². The number of aryl methyl sites for hydroxylation is 1. The number of carbonyl (C=O) groups is 1. The van der Waals surface area contributed by atoms with E-state index in [-0.39, 0.29) is 11.4 Å². The zero-order chi connectivity index (χ0) is 20.9. The molecule has 0 aromatic heterocycles. The number of esters is 1. The second kappa shape index (κ2) is 9.03. The first-order chi connectivity index (χ1) is 13.9. The van der Waals surface area contributed by atoms with Crippen molar-refractivity contribution >= 4 is 26.8 Å². The van der Waals surface area contributed by atoms with Crippen molar-refractivity contribution in [3.63, 3.8) is 0 Å². The van der Waals surface area contributed by atoms with E-state index in [0.29, 0.717) is 5.56 Å². The number of ether oxygens (including phenoxy) is 1. The van der Waals surface area contributed by atoms with Crippen LogP contribution in [-0.4, -0.2) is 20.9 Å². The highest BCUT2D eigenvalue weighted by Crippen LogP contribution is 2.23. The SMILES string of the molecule is C/C=C/C(=O)OC(CNS(=O)(=O)c1ccc(C)cc1)c1ccc2ccccc2c1. The van der Waals surface area contributed by atoms with E-state index >= 15 is 0 Å². The van der Waals surface area contributed by atoms with Gasteiger partial charge in [0.15, 0.2) is 0 Å². The Morgan fingerprint density at radius 1 is 1.03 bits per heavy atom. The molecule has 1 unspecified atom stereocenters. The van der Waals surface area contributed by atoms with Crippen LogP contribution in [0.25, 0.3) is 10.8 Å². The number of sulfonamides is 1. The van der Waals surface area contributed by atoms with Crippen LogP contribution in [0.5, 0.6) is 0 Å². The van der Waals surface area contributed by atoms with Gasteiger partial charge in [-0.05, 0) is 48.4 Å². The highest BCUT2D eigenvalue weighted by molar-refractivity contribution is 7.89. The molecule has 3 aromatic carbocycles. The summed E-state index contributed by atoms with van der Waals surface area (Å²) < 4.78 is 33.4. The highest BCUT2D eigenvalue weighted by atomic mass is 32.2. The molecule has 150 valence electrons. The fourth-order valence-electron chi connectivity index (χ4n) is 2.94. The van der Waals surface area contributed by atoms with Crippen molar-refractivity contribution in [2.45, 2.75) is 24.8 Å². The first kappa shape index (κ1) is 20.8. The smallest absolute Gasteiger partial charge is 0.331 e. The molecule has 3 aromatic rings. The van der Waals surface area contributed by atoms with E-state index in [9.17, 15) is 13.2 Å². The number of hydrogen-bond acceptors (Lipinski definition) is 4. The summed E-state index contributed by atoms with van der Waals surface area (Å²) in [6, 6.07) is 20.1. The zero-order valence-corrected chi connectivity index (χ0v) is 17.1. The summed E-state index contributed by atoms with van der Waals surface area (Å²) in [6.07, 6.45) is 2.13. The van der Waals surface area contributed by atoms with Gasteiger partial charge in [0.05, 0.1) is 11.4 Å². The third-order valence-electron chi connectivity index (χ3n) is 4.50. The molecule has 29 heavy (non-hydrogen) atoms. The quantitative estimate of drug-likeness (QED) is 0.467. The minimum Gasteiger partial charge on any atom is -0.453 e. The molecule has 0 aliphatic carbocycles. The van der Waals surface area contributed by atoms with E-state index in [2.05, 4.69) is 4.72 Å². The second-order valence-electron chi connectivity index (χ2n) is 6.70.